The van der Waals surface area contributed by atoms with E-state index in [-0.39, 0.29) is 11.3 Å². The van der Waals surface area contributed by atoms with E-state index in [9.17, 15) is 18.0 Å². The van der Waals surface area contributed by atoms with E-state index in [0.717, 1.165) is 40.0 Å². The highest BCUT2D eigenvalue weighted by molar-refractivity contribution is 7.89. The number of benzene rings is 1. The predicted molar refractivity (Wildman–Crippen MR) is 171 cm³/mol. The van der Waals surface area contributed by atoms with Gasteiger partial charge in [-0.2, -0.15) is 5.10 Å². The van der Waals surface area contributed by atoms with Crippen molar-refractivity contribution in [1.82, 2.24) is 34.0 Å². The zero-order chi connectivity index (χ0) is 32.2. The van der Waals surface area contributed by atoms with Gasteiger partial charge in [0.15, 0.2) is 5.69 Å². The normalized spacial score (nSPS) is 13.6. The van der Waals surface area contributed by atoms with Crippen LogP contribution in [0, 0.1) is 20.8 Å². The van der Waals surface area contributed by atoms with Crippen LogP contribution in [0.2, 0.25) is 0 Å². The summed E-state index contributed by atoms with van der Waals surface area (Å²) in [5.41, 5.74) is 6.55. The molecule has 0 radical (unpaired) electrons. The molecule has 1 aliphatic rings. The molecule has 2 N–H and O–H groups in total. The number of sulfonamides is 1. The summed E-state index contributed by atoms with van der Waals surface area (Å²) < 4.78 is 28.9. The van der Waals surface area contributed by atoms with Crippen LogP contribution in [0.3, 0.4) is 0 Å². The third-order valence-corrected chi connectivity index (χ3v) is 8.28. The van der Waals surface area contributed by atoms with Crippen LogP contribution in [0.15, 0.2) is 53.6 Å². The zero-order valence-corrected chi connectivity index (χ0v) is 26.6. The molecule has 5 heterocycles. The van der Waals surface area contributed by atoms with Crippen molar-refractivity contribution in [3.8, 4) is 5.69 Å². The van der Waals surface area contributed by atoms with Crippen molar-refractivity contribution >= 4 is 38.5 Å². The standard InChI is InChI=1S/C31H33N9O4S/c1-17-11-23(20(4)34-25-10-8-19(3)33-28(25)29(41)37-45(6,43)44)27-24(12-17)30(42)38(5)31(35-27)39-14-21-15-40(36-26(21)16-39)22-9-7-18(2)32-13-22/h7-13,15,20,34H,14,16H2,1-6H3,(H,37,41)/t20-/m1/s1. The van der Waals surface area contributed by atoms with Crippen LogP contribution in [0.5, 0.6) is 0 Å². The number of nitrogens with one attached hydrogen (secondary N) is 2. The molecule has 0 bridgehead atoms. The van der Waals surface area contributed by atoms with Gasteiger partial charge in [-0.1, -0.05) is 6.07 Å². The minimum Gasteiger partial charge on any atom is -0.377 e. The Morgan fingerprint density at radius 1 is 1.02 bits per heavy atom. The van der Waals surface area contributed by atoms with Gasteiger partial charge in [-0.3, -0.25) is 19.1 Å². The summed E-state index contributed by atoms with van der Waals surface area (Å²) in [7, 11) is -2.08. The van der Waals surface area contributed by atoms with Crippen molar-refractivity contribution in [3.05, 3.63) is 98.6 Å². The van der Waals surface area contributed by atoms with E-state index in [1.54, 1.807) is 36.9 Å². The Kier molecular flexibility index (Phi) is 7.39. The summed E-state index contributed by atoms with van der Waals surface area (Å²) in [6.45, 7) is 8.46. The van der Waals surface area contributed by atoms with E-state index < -0.39 is 22.0 Å². The first-order valence-corrected chi connectivity index (χ1v) is 16.2. The molecule has 232 valence electrons. The number of pyridine rings is 2. The van der Waals surface area contributed by atoms with E-state index in [1.165, 1.54) is 0 Å². The van der Waals surface area contributed by atoms with Crippen molar-refractivity contribution in [2.45, 2.75) is 46.8 Å². The van der Waals surface area contributed by atoms with Gasteiger partial charge in [0.1, 0.15) is 0 Å². The van der Waals surface area contributed by atoms with Gasteiger partial charge >= 0.3 is 0 Å². The molecular weight excluding hydrogens is 594 g/mol. The molecule has 1 atom stereocenters. The van der Waals surface area contributed by atoms with Crippen LogP contribution < -0.4 is 20.5 Å². The number of carbonyl (C=O) groups is 1. The number of nitrogens with zero attached hydrogens (tertiary/aromatic N) is 7. The lowest BCUT2D eigenvalue weighted by molar-refractivity contribution is 0.0977. The first kappa shape index (κ1) is 29.9. The Bertz CT molecular complexity index is 2130. The fourth-order valence-electron chi connectivity index (χ4n) is 5.55. The molecule has 0 saturated carbocycles. The molecule has 13 nitrogen and oxygen atoms in total. The maximum atomic E-state index is 13.7. The largest absolute Gasteiger partial charge is 0.377 e. The van der Waals surface area contributed by atoms with E-state index in [0.29, 0.717) is 41.3 Å². The lowest BCUT2D eigenvalue weighted by Crippen LogP contribution is -2.31. The molecule has 45 heavy (non-hydrogen) atoms. The molecule has 6 rings (SSSR count). The first-order valence-electron chi connectivity index (χ1n) is 14.3. The van der Waals surface area contributed by atoms with E-state index >= 15 is 0 Å². The SMILES string of the molecule is Cc1cc([C@@H](C)Nc2ccc(C)nc2C(=O)NS(C)(=O)=O)c2nc(N3Cc4cn(-c5ccc(C)nc5)nc4C3)n(C)c(=O)c2c1. The van der Waals surface area contributed by atoms with Crippen LogP contribution in [0.25, 0.3) is 16.6 Å². The molecule has 1 aliphatic heterocycles. The topological polar surface area (TPSA) is 157 Å². The number of rotatable bonds is 7. The fraction of sp³-hybridized carbons (Fsp3) is 0.290. The summed E-state index contributed by atoms with van der Waals surface area (Å²) in [4.78, 5) is 42.2. The van der Waals surface area contributed by atoms with Gasteiger partial charge < -0.3 is 10.2 Å². The third kappa shape index (κ3) is 5.88. The number of aromatic nitrogens is 6. The Morgan fingerprint density at radius 2 is 1.78 bits per heavy atom. The summed E-state index contributed by atoms with van der Waals surface area (Å²) in [5.74, 6) is -0.329. The maximum Gasteiger partial charge on any atom is 0.285 e. The van der Waals surface area contributed by atoms with Gasteiger partial charge in [0.25, 0.3) is 11.5 Å². The van der Waals surface area contributed by atoms with Crippen LogP contribution in [0.4, 0.5) is 11.6 Å². The highest BCUT2D eigenvalue weighted by atomic mass is 32.2. The second-order valence-corrected chi connectivity index (χ2v) is 13.3. The molecule has 1 aromatic carbocycles. The van der Waals surface area contributed by atoms with Crippen LogP contribution in [-0.2, 0) is 30.2 Å². The molecule has 0 aliphatic carbocycles. The van der Waals surface area contributed by atoms with Crippen LogP contribution in [-0.4, -0.2) is 49.9 Å². The van der Waals surface area contributed by atoms with Gasteiger partial charge in [0.2, 0.25) is 16.0 Å². The van der Waals surface area contributed by atoms with Crippen molar-refractivity contribution in [1.29, 1.82) is 0 Å². The lowest BCUT2D eigenvalue weighted by atomic mass is 10.0. The van der Waals surface area contributed by atoms with Gasteiger partial charge in [0.05, 0.1) is 53.0 Å². The Balaban J connectivity index is 1.35. The summed E-state index contributed by atoms with van der Waals surface area (Å²) in [6.07, 6.45) is 4.68. The molecule has 0 spiro atoms. The van der Waals surface area contributed by atoms with Gasteiger partial charge in [-0.25, -0.2) is 27.8 Å². The van der Waals surface area contributed by atoms with Crippen molar-refractivity contribution < 1.29 is 13.2 Å². The quantitative estimate of drug-likeness (QED) is 0.275. The van der Waals surface area contributed by atoms with E-state index in [4.69, 9.17) is 10.1 Å². The second-order valence-electron chi connectivity index (χ2n) is 11.5. The Labute approximate surface area is 260 Å². The maximum absolute atomic E-state index is 13.7. The number of amides is 1. The third-order valence-electron chi connectivity index (χ3n) is 7.72. The van der Waals surface area contributed by atoms with E-state index in [1.807, 2.05) is 65.5 Å². The van der Waals surface area contributed by atoms with Gasteiger partial charge in [0, 0.05) is 42.3 Å². The molecule has 4 aromatic heterocycles. The Hall–Kier alpha value is -5.11. The zero-order valence-electron chi connectivity index (χ0n) is 25.8. The van der Waals surface area contributed by atoms with Crippen molar-refractivity contribution in [2.75, 3.05) is 16.5 Å². The summed E-state index contributed by atoms with van der Waals surface area (Å²) in [5, 5.41) is 8.54. The minimum absolute atomic E-state index is 0.0538. The molecule has 5 aromatic rings. The predicted octanol–water partition coefficient (Wildman–Crippen LogP) is 3.22. The summed E-state index contributed by atoms with van der Waals surface area (Å²) in [6, 6.07) is 10.7. The van der Waals surface area contributed by atoms with Crippen molar-refractivity contribution in [2.24, 2.45) is 7.05 Å². The molecule has 0 unspecified atom stereocenters. The molecule has 0 fully saturated rings. The second kappa shape index (κ2) is 11.1. The van der Waals surface area contributed by atoms with E-state index in [2.05, 4.69) is 15.3 Å². The average molecular weight is 628 g/mol. The molecular formula is C31H33N9O4S. The minimum atomic E-state index is -3.80. The van der Waals surface area contributed by atoms with Crippen LogP contribution >= 0.6 is 0 Å². The number of fused-ring (bicyclic) bond motifs is 2. The number of hydrogen-bond acceptors (Lipinski definition) is 10. The lowest BCUT2D eigenvalue weighted by Gasteiger charge is -2.23. The fourth-order valence-corrected chi connectivity index (χ4v) is 5.98. The molecule has 1 amide bonds. The van der Waals surface area contributed by atoms with Gasteiger partial charge in [-0.15, -0.1) is 0 Å². The number of carbonyl (C=O) groups excluding carboxylic acids is 1. The monoisotopic (exact) mass is 627 g/mol. The smallest absolute Gasteiger partial charge is 0.285 e. The van der Waals surface area contributed by atoms with Crippen LogP contribution in [0.1, 0.15) is 57.2 Å². The average Bonchev–Trinajstić information content (AvgIpc) is 3.55. The Morgan fingerprint density at radius 3 is 2.47 bits per heavy atom. The number of hydrogen-bond donors (Lipinski definition) is 2. The number of aryl methyl sites for hydroxylation is 3. The van der Waals surface area contributed by atoms with Crippen molar-refractivity contribution in [3.63, 3.8) is 0 Å². The first-order chi connectivity index (χ1) is 21.3. The van der Waals surface area contributed by atoms with Gasteiger partial charge in [-0.05, 0) is 63.6 Å². The highest BCUT2D eigenvalue weighted by Gasteiger charge is 2.28. The number of anilines is 2. The highest BCUT2D eigenvalue weighted by Crippen LogP contribution is 2.31. The molecule has 0 saturated heterocycles. The summed E-state index contributed by atoms with van der Waals surface area (Å²) >= 11 is 0. The molecule has 14 heteroatoms.